The second kappa shape index (κ2) is 5.67. The third-order valence-electron chi connectivity index (χ3n) is 2.35. The highest BCUT2D eigenvalue weighted by Crippen LogP contribution is 1.99. The molecule has 1 N–H and O–H groups in total. The van der Waals surface area contributed by atoms with Crippen LogP contribution < -0.4 is 5.43 Å². The Bertz CT molecular complexity index is 552. The van der Waals surface area contributed by atoms with E-state index in [-0.39, 0.29) is 5.91 Å². The van der Waals surface area contributed by atoms with Gasteiger partial charge in [-0.05, 0) is 31.2 Å². The summed E-state index contributed by atoms with van der Waals surface area (Å²) in [6, 6.07) is 7.04. The molecule has 1 amide bonds. The number of rotatable bonds is 3. The van der Waals surface area contributed by atoms with Gasteiger partial charge in [-0.1, -0.05) is 0 Å². The van der Waals surface area contributed by atoms with Crippen LogP contribution in [-0.4, -0.2) is 21.6 Å². The SMILES string of the molecule is CC(=NNC(=O)c1cccnc1)c1ccncc1. The van der Waals surface area contributed by atoms with Gasteiger partial charge in [0.2, 0.25) is 0 Å². The van der Waals surface area contributed by atoms with Crippen molar-refractivity contribution in [1.82, 2.24) is 15.4 Å². The van der Waals surface area contributed by atoms with E-state index in [9.17, 15) is 4.79 Å². The fraction of sp³-hybridized carbons (Fsp3) is 0.0769. The van der Waals surface area contributed by atoms with Gasteiger partial charge in [-0.2, -0.15) is 5.10 Å². The molecular formula is C13H12N4O. The van der Waals surface area contributed by atoms with Gasteiger partial charge < -0.3 is 0 Å². The number of aromatic nitrogens is 2. The highest BCUT2D eigenvalue weighted by Gasteiger charge is 2.03. The lowest BCUT2D eigenvalue weighted by Gasteiger charge is -2.02. The van der Waals surface area contributed by atoms with Crippen LogP contribution in [0.3, 0.4) is 0 Å². The fourth-order valence-electron chi connectivity index (χ4n) is 1.35. The fourth-order valence-corrected chi connectivity index (χ4v) is 1.35. The van der Waals surface area contributed by atoms with Crippen LogP contribution in [-0.2, 0) is 0 Å². The average Bonchev–Trinajstić information content (AvgIpc) is 2.46. The molecule has 0 saturated heterocycles. The van der Waals surface area contributed by atoms with Gasteiger partial charge in [0, 0.05) is 30.4 Å². The Kier molecular flexibility index (Phi) is 3.76. The maximum atomic E-state index is 11.7. The minimum atomic E-state index is -0.281. The number of nitrogens with one attached hydrogen (secondary N) is 1. The Labute approximate surface area is 105 Å². The van der Waals surface area contributed by atoms with E-state index < -0.39 is 0 Å². The van der Waals surface area contributed by atoms with Crippen molar-refractivity contribution in [1.29, 1.82) is 0 Å². The molecular weight excluding hydrogens is 228 g/mol. The van der Waals surface area contributed by atoms with Crippen molar-refractivity contribution in [2.75, 3.05) is 0 Å². The first-order chi connectivity index (χ1) is 8.77. The molecule has 0 saturated carbocycles. The molecule has 0 radical (unpaired) electrons. The molecule has 2 aromatic rings. The highest BCUT2D eigenvalue weighted by atomic mass is 16.2. The smallest absolute Gasteiger partial charge is 0.267 e. The van der Waals surface area contributed by atoms with Crippen LogP contribution in [0.25, 0.3) is 0 Å². The van der Waals surface area contributed by atoms with Crippen molar-refractivity contribution >= 4 is 11.6 Å². The van der Waals surface area contributed by atoms with E-state index in [1.165, 1.54) is 6.20 Å². The summed E-state index contributed by atoms with van der Waals surface area (Å²) >= 11 is 0. The molecule has 0 aromatic carbocycles. The topological polar surface area (TPSA) is 67.2 Å². The molecule has 0 bridgehead atoms. The molecule has 2 rings (SSSR count). The summed E-state index contributed by atoms with van der Waals surface area (Å²) in [5.74, 6) is -0.281. The lowest BCUT2D eigenvalue weighted by atomic mass is 10.2. The first-order valence-corrected chi connectivity index (χ1v) is 5.42. The molecule has 5 nitrogen and oxygen atoms in total. The van der Waals surface area contributed by atoms with Crippen molar-refractivity contribution < 1.29 is 4.79 Å². The highest BCUT2D eigenvalue weighted by molar-refractivity contribution is 6.00. The van der Waals surface area contributed by atoms with E-state index in [0.29, 0.717) is 5.56 Å². The molecule has 5 heteroatoms. The van der Waals surface area contributed by atoms with Gasteiger partial charge in [0.05, 0.1) is 11.3 Å². The van der Waals surface area contributed by atoms with Gasteiger partial charge in [-0.25, -0.2) is 5.43 Å². The van der Waals surface area contributed by atoms with Crippen LogP contribution in [0.15, 0.2) is 54.2 Å². The summed E-state index contributed by atoms with van der Waals surface area (Å²) < 4.78 is 0. The number of hydrazone groups is 1. The lowest BCUT2D eigenvalue weighted by molar-refractivity contribution is 0.0954. The van der Waals surface area contributed by atoms with Gasteiger partial charge in [0.1, 0.15) is 0 Å². The van der Waals surface area contributed by atoms with E-state index in [1.54, 1.807) is 30.7 Å². The van der Waals surface area contributed by atoms with Crippen LogP contribution in [0, 0.1) is 0 Å². The molecule has 2 heterocycles. The van der Waals surface area contributed by atoms with Gasteiger partial charge in [0.15, 0.2) is 0 Å². The van der Waals surface area contributed by atoms with Crippen LogP contribution in [0.1, 0.15) is 22.8 Å². The van der Waals surface area contributed by atoms with Crippen molar-refractivity contribution in [3.05, 3.63) is 60.2 Å². The summed E-state index contributed by atoms with van der Waals surface area (Å²) in [6.07, 6.45) is 6.46. The predicted octanol–water partition coefficient (Wildman–Crippen LogP) is 1.63. The van der Waals surface area contributed by atoms with Gasteiger partial charge in [-0.15, -0.1) is 0 Å². The zero-order chi connectivity index (χ0) is 12.8. The number of nitrogens with zero attached hydrogens (tertiary/aromatic N) is 3. The zero-order valence-electron chi connectivity index (χ0n) is 9.87. The second-order valence-corrected chi connectivity index (χ2v) is 3.62. The van der Waals surface area contributed by atoms with Crippen molar-refractivity contribution in [2.24, 2.45) is 5.10 Å². The van der Waals surface area contributed by atoms with Crippen LogP contribution in [0.4, 0.5) is 0 Å². The molecule has 90 valence electrons. The Morgan fingerprint density at radius 1 is 1.11 bits per heavy atom. The van der Waals surface area contributed by atoms with Crippen molar-refractivity contribution in [2.45, 2.75) is 6.92 Å². The van der Waals surface area contributed by atoms with Crippen LogP contribution >= 0.6 is 0 Å². The quantitative estimate of drug-likeness (QED) is 0.655. The molecule has 2 aromatic heterocycles. The number of carbonyl (C=O) groups is 1. The maximum Gasteiger partial charge on any atom is 0.272 e. The van der Waals surface area contributed by atoms with Gasteiger partial charge in [0.25, 0.3) is 5.91 Å². The van der Waals surface area contributed by atoms with E-state index in [2.05, 4.69) is 20.5 Å². The Morgan fingerprint density at radius 2 is 1.89 bits per heavy atom. The van der Waals surface area contributed by atoms with Crippen molar-refractivity contribution in [3.63, 3.8) is 0 Å². The van der Waals surface area contributed by atoms with E-state index in [4.69, 9.17) is 0 Å². The first kappa shape index (κ1) is 11.9. The minimum Gasteiger partial charge on any atom is -0.267 e. The summed E-state index contributed by atoms with van der Waals surface area (Å²) in [5, 5.41) is 4.03. The summed E-state index contributed by atoms with van der Waals surface area (Å²) in [5.41, 5.74) is 4.59. The summed E-state index contributed by atoms with van der Waals surface area (Å²) in [4.78, 5) is 19.5. The van der Waals surface area contributed by atoms with Gasteiger partial charge in [-0.3, -0.25) is 14.8 Å². The zero-order valence-corrected chi connectivity index (χ0v) is 9.87. The molecule has 0 aliphatic carbocycles. The third kappa shape index (κ3) is 2.98. The first-order valence-electron chi connectivity index (χ1n) is 5.42. The Hall–Kier alpha value is -2.56. The molecule has 0 atom stereocenters. The number of hydrogen-bond donors (Lipinski definition) is 1. The standard InChI is InChI=1S/C13H12N4O/c1-10(11-4-7-14-8-5-11)16-17-13(18)12-3-2-6-15-9-12/h2-9H,1H3,(H,17,18). The number of amides is 1. The average molecular weight is 240 g/mol. The minimum absolute atomic E-state index is 0.281. The largest absolute Gasteiger partial charge is 0.272 e. The van der Waals surface area contributed by atoms with Crippen molar-refractivity contribution in [3.8, 4) is 0 Å². The molecule has 0 aliphatic heterocycles. The number of hydrogen-bond acceptors (Lipinski definition) is 4. The molecule has 0 fully saturated rings. The lowest BCUT2D eigenvalue weighted by Crippen LogP contribution is -2.19. The predicted molar refractivity (Wildman–Crippen MR) is 68.2 cm³/mol. The van der Waals surface area contributed by atoms with E-state index >= 15 is 0 Å². The molecule has 0 aliphatic rings. The maximum absolute atomic E-state index is 11.7. The Morgan fingerprint density at radius 3 is 2.56 bits per heavy atom. The monoisotopic (exact) mass is 240 g/mol. The van der Waals surface area contributed by atoms with Crippen LogP contribution in [0.5, 0.6) is 0 Å². The van der Waals surface area contributed by atoms with Gasteiger partial charge >= 0.3 is 0 Å². The summed E-state index contributed by atoms with van der Waals surface area (Å²) in [7, 11) is 0. The normalized spacial score (nSPS) is 11.1. The molecule has 0 unspecified atom stereocenters. The second-order valence-electron chi connectivity index (χ2n) is 3.62. The molecule has 18 heavy (non-hydrogen) atoms. The van der Waals surface area contributed by atoms with Crippen LogP contribution in [0.2, 0.25) is 0 Å². The number of pyridine rings is 2. The molecule has 0 spiro atoms. The Balaban J connectivity index is 2.05. The summed E-state index contributed by atoms with van der Waals surface area (Å²) in [6.45, 7) is 1.82. The number of carbonyl (C=O) groups excluding carboxylic acids is 1. The van der Waals surface area contributed by atoms with E-state index in [0.717, 1.165) is 11.3 Å². The van der Waals surface area contributed by atoms with E-state index in [1.807, 2.05) is 19.1 Å². The third-order valence-corrected chi connectivity index (χ3v) is 2.35.